The summed E-state index contributed by atoms with van der Waals surface area (Å²) in [5.74, 6) is -3.25. The third-order valence-electron chi connectivity index (χ3n) is 3.81. The molecule has 2 aromatic rings. The van der Waals surface area contributed by atoms with E-state index in [9.17, 15) is 22.8 Å². The zero-order valence-corrected chi connectivity index (χ0v) is 17.2. The van der Waals surface area contributed by atoms with Crippen LogP contribution in [0.4, 0.5) is 13.2 Å². The molecule has 0 radical (unpaired) electrons. The van der Waals surface area contributed by atoms with E-state index < -0.39 is 24.0 Å². The number of benzene rings is 2. The molecule has 6 nitrogen and oxygen atoms in total. The van der Waals surface area contributed by atoms with Crippen molar-refractivity contribution in [1.29, 1.82) is 0 Å². The highest BCUT2D eigenvalue weighted by Crippen LogP contribution is 2.35. The van der Waals surface area contributed by atoms with Gasteiger partial charge in [0.25, 0.3) is 0 Å². The van der Waals surface area contributed by atoms with Crippen LogP contribution in [0.5, 0.6) is 11.5 Å². The van der Waals surface area contributed by atoms with Crippen molar-refractivity contribution in [2.75, 3.05) is 20.8 Å². The van der Waals surface area contributed by atoms with Gasteiger partial charge >= 0.3 is 18.1 Å². The summed E-state index contributed by atoms with van der Waals surface area (Å²) in [4.78, 5) is 21.6. The summed E-state index contributed by atoms with van der Waals surface area (Å²) in [6.07, 6.45) is -2.07. The van der Waals surface area contributed by atoms with Crippen LogP contribution >= 0.6 is 0 Å². The predicted molar refractivity (Wildman–Crippen MR) is 108 cm³/mol. The number of carboxylic acid groups (broad SMARTS) is 1. The summed E-state index contributed by atoms with van der Waals surface area (Å²) in [6.45, 7) is 1.40. The maximum Gasteiger partial charge on any atom is 0.406 e. The van der Waals surface area contributed by atoms with Crippen LogP contribution in [0, 0.1) is 0 Å². The van der Waals surface area contributed by atoms with Crippen molar-refractivity contribution >= 4 is 18.0 Å². The zero-order valence-electron chi connectivity index (χ0n) is 17.2. The van der Waals surface area contributed by atoms with Gasteiger partial charge in [-0.2, -0.15) is 13.2 Å². The van der Waals surface area contributed by atoms with Crippen LogP contribution in [-0.2, 0) is 14.3 Å². The number of alkyl halides is 3. The highest BCUT2D eigenvalue weighted by molar-refractivity contribution is 5.85. The van der Waals surface area contributed by atoms with Crippen LogP contribution in [0.2, 0.25) is 0 Å². The van der Waals surface area contributed by atoms with Crippen molar-refractivity contribution in [3.8, 4) is 11.5 Å². The Balaban J connectivity index is 0.000000311. The van der Waals surface area contributed by atoms with E-state index in [4.69, 9.17) is 14.6 Å². The molecule has 0 fully saturated rings. The fraction of sp³-hybridized carbons (Fsp3) is 0.273. The Morgan fingerprint density at radius 3 is 2.13 bits per heavy atom. The molecule has 0 spiro atoms. The number of halogens is 3. The molecule has 2 rings (SSSR count). The quantitative estimate of drug-likeness (QED) is 0.497. The first-order valence-corrected chi connectivity index (χ1v) is 9.05. The molecule has 9 heteroatoms. The van der Waals surface area contributed by atoms with Gasteiger partial charge in [-0.3, -0.25) is 4.79 Å². The minimum Gasteiger partial charge on any atom is -0.493 e. The molecule has 0 bridgehead atoms. The van der Waals surface area contributed by atoms with E-state index in [-0.39, 0.29) is 12.2 Å². The lowest BCUT2D eigenvalue weighted by molar-refractivity contribution is -0.180. The number of methoxy groups -OCH3 is 2. The maximum atomic E-state index is 12.7. The van der Waals surface area contributed by atoms with Gasteiger partial charge in [-0.05, 0) is 36.3 Å². The van der Waals surface area contributed by atoms with E-state index in [0.717, 1.165) is 11.6 Å². The monoisotopic (exact) mass is 440 g/mol. The Hall–Kier alpha value is -3.49. The molecule has 0 heterocycles. The first-order valence-electron chi connectivity index (χ1n) is 9.05. The van der Waals surface area contributed by atoms with E-state index in [1.807, 2.05) is 0 Å². The van der Waals surface area contributed by atoms with Crippen molar-refractivity contribution in [2.24, 2.45) is 0 Å². The third-order valence-corrected chi connectivity index (χ3v) is 3.81. The van der Waals surface area contributed by atoms with E-state index in [2.05, 4.69) is 4.74 Å². The van der Waals surface area contributed by atoms with Gasteiger partial charge in [0.1, 0.15) is 0 Å². The van der Waals surface area contributed by atoms with Gasteiger partial charge in [0, 0.05) is 6.08 Å². The third kappa shape index (κ3) is 8.41. The van der Waals surface area contributed by atoms with Gasteiger partial charge in [0.2, 0.25) is 0 Å². The number of hydrogen-bond donors (Lipinski definition) is 1. The summed E-state index contributed by atoms with van der Waals surface area (Å²) >= 11 is 0. The number of esters is 1. The normalized spacial score (nSPS) is 11.8. The summed E-state index contributed by atoms with van der Waals surface area (Å²) in [6, 6.07) is 12.2. The average molecular weight is 440 g/mol. The lowest BCUT2D eigenvalue weighted by atomic mass is 9.99. The number of carboxylic acids is 1. The Kier molecular flexibility index (Phi) is 10.1. The van der Waals surface area contributed by atoms with Gasteiger partial charge in [-0.1, -0.05) is 36.4 Å². The van der Waals surface area contributed by atoms with Crippen molar-refractivity contribution in [3.63, 3.8) is 0 Å². The smallest absolute Gasteiger partial charge is 0.406 e. The highest BCUT2D eigenvalue weighted by Gasteiger charge is 2.46. The van der Waals surface area contributed by atoms with Crippen molar-refractivity contribution in [2.45, 2.75) is 19.0 Å². The number of aliphatic carboxylic acids is 1. The van der Waals surface area contributed by atoms with Crippen molar-refractivity contribution < 1.29 is 42.1 Å². The van der Waals surface area contributed by atoms with Crippen LogP contribution in [0.25, 0.3) is 6.08 Å². The van der Waals surface area contributed by atoms with Crippen LogP contribution in [0.15, 0.2) is 54.6 Å². The number of carbonyl (C=O) groups is 2. The van der Waals surface area contributed by atoms with Gasteiger partial charge in [0.05, 0.1) is 20.8 Å². The minimum absolute atomic E-state index is 0.0712. The average Bonchev–Trinajstić information content (AvgIpc) is 2.72. The Labute approximate surface area is 177 Å². The Morgan fingerprint density at radius 2 is 1.65 bits per heavy atom. The van der Waals surface area contributed by atoms with Gasteiger partial charge in [-0.25, -0.2) is 4.79 Å². The first kappa shape index (κ1) is 25.5. The Bertz CT molecular complexity index is 879. The molecule has 0 saturated carbocycles. The molecule has 0 saturated heterocycles. The molecule has 1 unspecified atom stereocenters. The molecule has 0 aliphatic rings. The second kappa shape index (κ2) is 12.3. The van der Waals surface area contributed by atoms with Gasteiger partial charge in [0.15, 0.2) is 17.4 Å². The standard InChI is InChI=1S/C11H11F3O2.C11H12O4/c1-2-16-10(15)9(11(12,13)14)8-6-4-3-5-7-8;1-14-9-5-3-8(4-6-11(12)13)7-10(9)15-2/h3-7,9H,2H2,1H3;3-7H,1-2H3,(H,12,13). The summed E-state index contributed by atoms with van der Waals surface area (Å²) < 4.78 is 52.6. The number of rotatable bonds is 7. The number of carbonyl (C=O) groups excluding carboxylic acids is 1. The lowest BCUT2D eigenvalue weighted by Gasteiger charge is -2.18. The maximum absolute atomic E-state index is 12.7. The molecule has 2 aromatic carbocycles. The van der Waals surface area contributed by atoms with Crippen LogP contribution in [-0.4, -0.2) is 44.0 Å². The van der Waals surface area contributed by atoms with Gasteiger partial charge in [-0.15, -0.1) is 0 Å². The zero-order chi connectivity index (χ0) is 23.4. The topological polar surface area (TPSA) is 82.1 Å². The SMILES string of the molecule is CCOC(=O)C(c1ccccc1)C(F)(F)F.COc1ccc(C=CC(=O)O)cc1OC. The summed E-state index contributed by atoms with van der Waals surface area (Å²) in [5, 5.41) is 8.46. The van der Waals surface area contributed by atoms with Gasteiger partial charge < -0.3 is 19.3 Å². The van der Waals surface area contributed by atoms with Crippen molar-refractivity contribution in [3.05, 3.63) is 65.7 Å². The molecule has 0 aliphatic carbocycles. The molecule has 1 atom stereocenters. The van der Waals surface area contributed by atoms with Crippen LogP contribution < -0.4 is 9.47 Å². The first-order chi connectivity index (χ1) is 14.6. The second-order valence-corrected chi connectivity index (χ2v) is 5.92. The van der Waals surface area contributed by atoms with Crippen molar-refractivity contribution in [1.82, 2.24) is 0 Å². The fourth-order valence-corrected chi connectivity index (χ4v) is 2.45. The van der Waals surface area contributed by atoms with Crippen LogP contribution in [0.3, 0.4) is 0 Å². The molecular weight excluding hydrogens is 417 g/mol. The summed E-state index contributed by atoms with van der Waals surface area (Å²) in [5.41, 5.74) is 0.642. The second-order valence-electron chi connectivity index (χ2n) is 5.92. The molecule has 0 aromatic heterocycles. The Morgan fingerprint density at radius 1 is 1.03 bits per heavy atom. The molecular formula is C22H23F3O6. The molecule has 1 N–H and O–H groups in total. The summed E-state index contributed by atoms with van der Waals surface area (Å²) in [7, 11) is 3.08. The van der Waals surface area contributed by atoms with E-state index in [1.54, 1.807) is 31.4 Å². The predicted octanol–water partition coefficient (Wildman–Crippen LogP) is 4.70. The van der Waals surface area contributed by atoms with Crippen LogP contribution in [0.1, 0.15) is 24.0 Å². The highest BCUT2D eigenvalue weighted by atomic mass is 19.4. The van der Waals surface area contributed by atoms with E-state index in [1.165, 1.54) is 44.4 Å². The molecule has 168 valence electrons. The molecule has 0 aliphatic heterocycles. The van der Waals surface area contributed by atoms with E-state index in [0.29, 0.717) is 11.5 Å². The number of ether oxygens (including phenoxy) is 3. The molecule has 0 amide bonds. The minimum atomic E-state index is -4.63. The fourth-order valence-electron chi connectivity index (χ4n) is 2.45. The van der Waals surface area contributed by atoms with E-state index >= 15 is 0 Å². The molecule has 31 heavy (non-hydrogen) atoms. The largest absolute Gasteiger partial charge is 0.493 e. The number of hydrogen-bond acceptors (Lipinski definition) is 5. The lowest BCUT2D eigenvalue weighted by Crippen LogP contribution is -2.30.